The average molecular weight is 343 g/mol. The van der Waals surface area contributed by atoms with Crippen LogP contribution >= 0.6 is 15.9 Å². The van der Waals surface area contributed by atoms with Crippen molar-refractivity contribution in [3.05, 3.63) is 22.4 Å². The number of halogens is 2. The number of hydrogen-bond donors (Lipinski definition) is 2. The first-order valence-electron chi connectivity index (χ1n) is 6.09. The number of imidazole rings is 1. The minimum absolute atomic E-state index is 0.0394. The van der Waals surface area contributed by atoms with Gasteiger partial charge in [-0.3, -0.25) is 4.79 Å². The molecule has 0 aliphatic rings. The number of carbonyl (C=O) groups is 1. The van der Waals surface area contributed by atoms with Crippen molar-refractivity contribution in [2.45, 2.75) is 32.9 Å². The lowest BCUT2D eigenvalue weighted by atomic mass is 10.1. The van der Waals surface area contributed by atoms with Crippen LogP contribution in [0.4, 0.5) is 10.3 Å². The second-order valence-corrected chi connectivity index (χ2v) is 6.46. The summed E-state index contributed by atoms with van der Waals surface area (Å²) in [5.41, 5.74) is 6.51. The Kier molecular flexibility index (Phi) is 3.73. The Morgan fingerprint density at radius 3 is 2.75 bits per heavy atom. The van der Waals surface area contributed by atoms with Gasteiger partial charge in [-0.15, -0.1) is 0 Å². The molecular formula is C13H16BrFN4O. The summed E-state index contributed by atoms with van der Waals surface area (Å²) in [6, 6.07) is 2.85. The number of hydrogen-bond acceptors (Lipinski definition) is 3. The number of benzene rings is 1. The minimum Gasteiger partial charge on any atom is -0.369 e. The van der Waals surface area contributed by atoms with E-state index >= 15 is 0 Å². The number of carbonyl (C=O) groups excluding carboxylic acids is 1. The molecule has 2 aromatic rings. The van der Waals surface area contributed by atoms with Crippen LogP contribution in [0.5, 0.6) is 0 Å². The van der Waals surface area contributed by atoms with Crippen molar-refractivity contribution >= 4 is 38.8 Å². The van der Waals surface area contributed by atoms with Crippen molar-refractivity contribution in [1.29, 1.82) is 0 Å². The summed E-state index contributed by atoms with van der Waals surface area (Å²) in [7, 11) is 0. The molecule has 7 heteroatoms. The van der Waals surface area contributed by atoms with Gasteiger partial charge >= 0.3 is 0 Å². The third-order valence-corrected chi connectivity index (χ3v) is 3.24. The van der Waals surface area contributed by atoms with Crippen molar-refractivity contribution < 1.29 is 9.18 Å². The molecule has 0 radical (unpaired) electrons. The quantitative estimate of drug-likeness (QED) is 0.880. The fraction of sp³-hybridized carbons (Fsp3) is 0.385. The van der Waals surface area contributed by atoms with Crippen molar-refractivity contribution in [2.24, 2.45) is 0 Å². The Labute approximate surface area is 124 Å². The van der Waals surface area contributed by atoms with Crippen LogP contribution in [-0.4, -0.2) is 21.0 Å². The highest BCUT2D eigenvalue weighted by Gasteiger charge is 2.17. The first kappa shape index (κ1) is 14.8. The van der Waals surface area contributed by atoms with Crippen LogP contribution in [0.2, 0.25) is 0 Å². The monoisotopic (exact) mass is 342 g/mol. The maximum absolute atomic E-state index is 13.5. The molecular weight excluding hydrogens is 327 g/mol. The van der Waals surface area contributed by atoms with E-state index in [0.717, 1.165) is 0 Å². The highest BCUT2D eigenvalue weighted by molar-refractivity contribution is 9.10. The SMILES string of the molecule is CC(C)(C)NC(=O)Cn1c(N)nc2cc(F)c(Br)cc21. The van der Waals surface area contributed by atoms with Gasteiger partial charge in [-0.25, -0.2) is 9.37 Å². The van der Waals surface area contributed by atoms with E-state index in [-0.39, 0.29) is 23.9 Å². The molecule has 1 heterocycles. The first-order valence-corrected chi connectivity index (χ1v) is 6.88. The van der Waals surface area contributed by atoms with Crippen LogP contribution in [-0.2, 0) is 11.3 Å². The largest absolute Gasteiger partial charge is 0.369 e. The lowest BCUT2D eigenvalue weighted by molar-refractivity contribution is -0.122. The minimum atomic E-state index is -0.415. The van der Waals surface area contributed by atoms with E-state index in [4.69, 9.17) is 5.73 Å². The van der Waals surface area contributed by atoms with Gasteiger partial charge in [-0.05, 0) is 42.8 Å². The molecule has 0 spiro atoms. The molecule has 2 rings (SSSR count). The topological polar surface area (TPSA) is 72.9 Å². The van der Waals surface area contributed by atoms with Crippen molar-refractivity contribution in [1.82, 2.24) is 14.9 Å². The second-order valence-electron chi connectivity index (χ2n) is 5.61. The number of fused-ring (bicyclic) bond motifs is 1. The molecule has 1 aromatic heterocycles. The third-order valence-electron chi connectivity index (χ3n) is 2.64. The predicted octanol–water partition coefficient (Wildman–Crippen LogP) is 2.43. The van der Waals surface area contributed by atoms with Crippen LogP contribution in [0.25, 0.3) is 11.0 Å². The fourth-order valence-corrected chi connectivity index (χ4v) is 2.24. The van der Waals surface area contributed by atoms with Gasteiger partial charge in [0.2, 0.25) is 11.9 Å². The molecule has 3 N–H and O–H groups in total. The molecule has 0 saturated carbocycles. The van der Waals surface area contributed by atoms with E-state index in [1.54, 1.807) is 10.6 Å². The summed E-state index contributed by atoms with van der Waals surface area (Å²) in [4.78, 5) is 16.0. The molecule has 0 aliphatic heterocycles. The fourth-order valence-electron chi connectivity index (χ4n) is 1.91. The van der Waals surface area contributed by atoms with Crippen LogP contribution in [0.1, 0.15) is 20.8 Å². The zero-order valence-electron chi connectivity index (χ0n) is 11.5. The van der Waals surface area contributed by atoms with E-state index in [1.807, 2.05) is 20.8 Å². The van der Waals surface area contributed by atoms with E-state index < -0.39 is 5.82 Å². The summed E-state index contributed by atoms with van der Waals surface area (Å²) in [6.07, 6.45) is 0. The van der Waals surface area contributed by atoms with Crippen molar-refractivity contribution in [3.63, 3.8) is 0 Å². The van der Waals surface area contributed by atoms with Gasteiger partial charge in [0.15, 0.2) is 0 Å². The Bertz CT molecular complexity index is 675. The predicted molar refractivity (Wildman–Crippen MR) is 79.7 cm³/mol. The molecule has 0 saturated heterocycles. The summed E-state index contributed by atoms with van der Waals surface area (Å²) in [5, 5.41) is 2.85. The Balaban J connectivity index is 2.37. The molecule has 20 heavy (non-hydrogen) atoms. The molecule has 0 bridgehead atoms. The lowest BCUT2D eigenvalue weighted by Gasteiger charge is -2.20. The van der Waals surface area contributed by atoms with Gasteiger partial charge in [0.05, 0.1) is 15.5 Å². The van der Waals surface area contributed by atoms with Crippen LogP contribution < -0.4 is 11.1 Å². The number of nitrogen functional groups attached to an aromatic ring is 1. The standard InChI is InChI=1S/C13H16BrFN4O/c1-13(2,3)18-11(20)6-19-10-4-7(14)8(15)5-9(10)17-12(19)16/h4-5H,6H2,1-3H3,(H2,16,17)(H,18,20). The maximum Gasteiger partial charge on any atom is 0.240 e. The van der Waals surface area contributed by atoms with Crippen molar-refractivity contribution in [3.8, 4) is 0 Å². The molecule has 0 fully saturated rings. The van der Waals surface area contributed by atoms with Gasteiger partial charge < -0.3 is 15.6 Å². The van der Waals surface area contributed by atoms with E-state index in [1.165, 1.54) is 6.07 Å². The number of nitrogens with two attached hydrogens (primary N) is 1. The van der Waals surface area contributed by atoms with E-state index in [0.29, 0.717) is 15.5 Å². The average Bonchev–Trinajstić information content (AvgIpc) is 2.54. The zero-order valence-corrected chi connectivity index (χ0v) is 13.1. The van der Waals surface area contributed by atoms with Crippen molar-refractivity contribution in [2.75, 3.05) is 5.73 Å². The highest BCUT2D eigenvalue weighted by atomic mass is 79.9. The first-order chi connectivity index (χ1) is 9.17. The Hall–Kier alpha value is -1.63. The number of aromatic nitrogens is 2. The van der Waals surface area contributed by atoms with E-state index in [9.17, 15) is 9.18 Å². The number of nitrogens with zero attached hydrogens (tertiary/aromatic N) is 2. The maximum atomic E-state index is 13.5. The molecule has 5 nitrogen and oxygen atoms in total. The number of rotatable bonds is 2. The molecule has 108 valence electrons. The van der Waals surface area contributed by atoms with Gasteiger partial charge in [0, 0.05) is 11.6 Å². The second kappa shape index (κ2) is 5.05. The lowest BCUT2D eigenvalue weighted by Crippen LogP contribution is -2.42. The normalized spacial score (nSPS) is 11.8. The number of nitrogens with one attached hydrogen (secondary N) is 1. The number of anilines is 1. The van der Waals surface area contributed by atoms with Crippen LogP contribution in [0, 0.1) is 5.82 Å². The number of amides is 1. The highest BCUT2D eigenvalue weighted by Crippen LogP contribution is 2.25. The molecule has 0 unspecified atom stereocenters. The zero-order chi connectivity index (χ0) is 15.1. The van der Waals surface area contributed by atoms with Crippen LogP contribution in [0.15, 0.2) is 16.6 Å². The molecule has 1 amide bonds. The van der Waals surface area contributed by atoms with Gasteiger partial charge in [-0.2, -0.15) is 0 Å². The van der Waals surface area contributed by atoms with Gasteiger partial charge in [0.25, 0.3) is 0 Å². The van der Waals surface area contributed by atoms with Gasteiger partial charge in [0.1, 0.15) is 12.4 Å². The molecule has 1 aromatic carbocycles. The third kappa shape index (κ3) is 3.09. The van der Waals surface area contributed by atoms with Crippen LogP contribution in [0.3, 0.4) is 0 Å². The Morgan fingerprint density at radius 2 is 2.15 bits per heavy atom. The van der Waals surface area contributed by atoms with Gasteiger partial charge in [-0.1, -0.05) is 0 Å². The summed E-state index contributed by atoms with van der Waals surface area (Å²) >= 11 is 3.12. The summed E-state index contributed by atoms with van der Waals surface area (Å²) in [6.45, 7) is 5.72. The van der Waals surface area contributed by atoms with E-state index in [2.05, 4.69) is 26.2 Å². The molecule has 0 atom stereocenters. The smallest absolute Gasteiger partial charge is 0.240 e. The Morgan fingerprint density at radius 1 is 1.50 bits per heavy atom. The summed E-state index contributed by atoms with van der Waals surface area (Å²) in [5.74, 6) is -0.410. The molecule has 0 aliphatic carbocycles. The summed E-state index contributed by atoms with van der Waals surface area (Å²) < 4.78 is 15.3.